The highest BCUT2D eigenvalue weighted by atomic mass is 35.5. The molecule has 0 unspecified atom stereocenters. The molecule has 0 spiro atoms. The van der Waals surface area contributed by atoms with Crippen LogP contribution < -0.4 is 22.2 Å². The highest BCUT2D eigenvalue weighted by Crippen LogP contribution is 2.45. The van der Waals surface area contributed by atoms with Crippen molar-refractivity contribution in [1.29, 1.82) is 0 Å². The van der Waals surface area contributed by atoms with E-state index < -0.39 is 0 Å². The summed E-state index contributed by atoms with van der Waals surface area (Å²) in [5.74, 6) is 2.13. The van der Waals surface area contributed by atoms with Gasteiger partial charge in [0, 0.05) is 38.2 Å². The monoisotopic (exact) mass is 348 g/mol. The molecule has 0 saturated carbocycles. The summed E-state index contributed by atoms with van der Waals surface area (Å²) in [7, 11) is 0. The van der Waals surface area contributed by atoms with E-state index in [1.54, 1.807) is 16.7 Å². The minimum Gasteiger partial charge on any atom is -1.00 e. The van der Waals surface area contributed by atoms with Crippen LogP contribution in [0, 0.1) is 0 Å². The lowest BCUT2D eigenvalue weighted by atomic mass is 10.3. The highest BCUT2D eigenvalue weighted by molar-refractivity contribution is 7.99. The maximum atomic E-state index is 4.61. The first-order chi connectivity index (χ1) is 10.9. The molecule has 0 atom stereocenters. The van der Waals surface area contributed by atoms with Crippen molar-refractivity contribution in [2.45, 2.75) is 29.1 Å². The van der Waals surface area contributed by atoms with E-state index in [-0.39, 0.29) is 12.4 Å². The molecule has 2 aromatic heterocycles. The molecule has 2 aromatic rings. The standard InChI is InChI=1S/C17H20N4S.ClH/c1-2-11-20(10-1)12-5-13-21-16-14(6-3-8-18-16)22-15-7-4-9-19-17(15)21;/h3-4,6-9H,1-2,5,10-13H2;1H. The summed E-state index contributed by atoms with van der Waals surface area (Å²) >= 11 is 1.77. The van der Waals surface area contributed by atoms with Crippen LogP contribution in [0.3, 0.4) is 0 Å². The fourth-order valence-corrected chi connectivity index (χ4v) is 4.41. The van der Waals surface area contributed by atoms with Crippen LogP contribution in [0.15, 0.2) is 46.5 Å². The maximum absolute atomic E-state index is 4.61. The van der Waals surface area contributed by atoms with Gasteiger partial charge in [-0.2, -0.15) is 0 Å². The van der Waals surface area contributed by atoms with Crippen molar-refractivity contribution in [2.75, 3.05) is 31.1 Å². The van der Waals surface area contributed by atoms with E-state index >= 15 is 0 Å². The van der Waals surface area contributed by atoms with Gasteiger partial charge >= 0.3 is 0 Å². The van der Waals surface area contributed by atoms with E-state index in [0.29, 0.717) is 0 Å². The van der Waals surface area contributed by atoms with E-state index in [2.05, 4.69) is 27.0 Å². The smallest absolute Gasteiger partial charge is 0.148 e. The molecule has 4 nitrogen and oxygen atoms in total. The van der Waals surface area contributed by atoms with Gasteiger partial charge in [-0.3, -0.25) is 0 Å². The van der Waals surface area contributed by atoms with E-state index in [9.17, 15) is 0 Å². The van der Waals surface area contributed by atoms with Crippen molar-refractivity contribution in [2.24, 2.45) is 0 Å². The quantitative estimate of drug-likeness (QED) is 0.780. The number of halogens is 1. The Balaban J connectivity index is 0.00000156. The van der Waals surface area contributed by atoms with Crippen LogP contribution in [0.25, 0.3) is 0 Å². The first kappa shape index (κ1) is 16.6. The number of anilines is 2. The van der Waals surface area contributed by atoms with Gasteiger partial charge < -0.3 is 22.2 Å². The van der Waals surface area contributed by atoms with Gasteiger partial charge in [0.15, 0.2) is 0 Å². The fourth-order valence-electron chi connectivity index (χ4n) is 3.37. The SMILES string of the molecule is [Cl-].c1cnc2c(c1)Sc1cccnc1N2CCC[NH+]1CCCC1. The minimum atomic E-state index is 0. The van der Waals surface area contributed by atoms with E-state index in [0.717, 1.165) is 18.2 Å². The third-order valence-electron chi connectivity index (χ3n) is 4.46. The zero-order chi connectivity index (χ0) is 14.8. The zero-order valence-electron chi connectivity index (χ0n) is 13.0. The molecule has 4 heterocycles. The van der Waals surface area contributed by atoms with Gasteiger partial charge in [0.1, 0.15) is 11.6 Å². The summed E-state index contributed by atoms with van der Waals surface area (Å²) in [6.45, 7) is 4.95. The second-order valence-electron chi connectivity index (χ2n) is 5.96. The van der Waals surface area contributed by atoms with Crippen LogP contribution in [0.4, 0.5) is 11.6 Å². The Morgan fingerprint density at radius 3 is 2.22 bits per heavy atom. The molecule has 0 aliphatic carbocycles. The van der Waals surface area contributed by atoms with Crippen molar-refractivity contribution >= 4 is 23.4 Å². The van der Waals surface area contributed by atoms with Crippen LogP contribution >= 0.6 is 11.8 Å². The fraction of sp³-hybridized carbons (Fsp3) is 0.412. The van der Waals surface area contributed by atoms with Crippen molar-refractivity contribution in [3.8, 4) is 0 Å². The first-order valence-corrected chi connectivity index (χ1v) is 8.92. The lowest BCUT2D eigenvalue weighted by Crippen LogP contribution is -3.10. The summed E-state index contributed by atoms with van der Waals surface area (Å²) < 4.78 is 0. The number of nitrogens with zero attached hydrogens (tertiary/aromatic N) is 3. The largest absolute Gasteiger partial charge is 1.00 e. The number of likely N-dealkylation sites (tertiary alicyclic amines) is 1. The number of rotatable bonds is 4. The molecule has 6 heteroatoms. The molecule has 23 heavy (non-hydrogen) atoms. The molecule has 122 valence electrons. The first-order valence-electron chi connectivity index (χ1n) is 8.11. The van der Waals surface area contributed by atoms with E-state index in [1.807, 2.05) is 24.5 Å². The lowest BCUT2D eigenvalue weighted by Gasteiger charge is -2.30. The number of fused-ring (bicyclic) bond motifs is 2. The van der Waals surface area contributed by atoms with E-state index in [4.69, 9.17) is 0 Å². The minimum absolute atomic E-state index is 0. The van der Waals surface area contributed by atoms with Gasteiger partial charge in [-0.25, -0.2) is 9.97 Å². The topological polar surface area (TPSA) is 33.5 Å². The average Bonchev–Trinajstić information content (AvgIpc) is 3.07. The Kier molecular flexibility index (Phi) is 5.41. The number of aromatic nitrogens is 2. The molecule has 4 rings (SSSR count). The van der Waals surface area contributed by atoms with Crippen LogP contribution in [-0.4, -0.2) is 36.1 Å². The van der Waals surface area contributed by atoms with Crippen molar-refractivity contribution in [3.05, 3.63) is 36.7 Å². The lowest BCUT2D eigenvalue weighted by molar-refractivity contribution is -0.887. The highest BCUT2D eigenvalue weighted by Gasteiger charge is 2.25. The third-order valence-corrected chi connectivity index (χ3v) is 5.53. The number of hydrogen-bond donors (Lipinski definition) is 1. The van der Waals surface area contributed by atoms with Crippen LogP contribution in [0.5, 0.6) is 0 Å². The predicted molar refractivity (Wildman–Crippen MR) is 89.0 cm³/mol. The second-order valence-corrected chi connectivity index (χ2v) is 7.05. The second kappa shape index (κ2) is 7.51. The molecular weight excluding hydrogens is 328 g/mol. The molecule has 2 aliphatic heterocycles. The van der Waals surface area contributed by atoms with Crippen LogP contribution in [0.1, 0.15) is 19.3 Å². The molecular formula is C17H21ClN4S. The Morgan fingerprint density at radius 1 is 1.00 bits per heavy atom. The summed E-state index contributed by atoms with van der Waals surface area (Å²) in [4.78, 5) is 15.7. The van der Waals surface area contributed by atoms with Gasteiger partial charge in [0.25, 0.3) is 0 Å². The molecule has 1 fully saturated rings. The molecule has 0 aromatic carbocycles. The normalized spacial score (nSPS) is 16.6. The molecule has 0 radical (unpaired) electrons. The third kappa shape index (κ3) is 3.47. The number of nitrogens with one attached hydrogen (secondary N) is 1. The molecule has 0 bridgehead atoms. The summed E-state index contributed by atoms with van der Waals surface area (Å²) in [6.07, 6.45) is 7.74. The molecule has 1 saturated heterocycles. The maximum Gasteiger partial charge on any atom is 0.148 e. The van der Waals surface area contributed by atoms with E-state index in [1.165, 1.54) is 48.7 Å². The van der Waals surface area contributed by atoms with Gasteiger partial charge in [-0.1, -0.05) is 11.8 Å². The average molecular weight is 349 g/mol. The summed E-state index contributed by atoms with van der Waals surface area (Å²) in [6, 6.07) is 8.34. The molecule has 0 amide bonds. The Morgan fingerprint density at radius 2 is 1.61 bits per heavy atom. The zero-order valence-corrected chi connectivity index (χ0v) is 14.6. The number of quaternary nitrogens is 1. The summed E-state index contributed by atoms with van der Waals surface area (Å²) in [5.41, 5.74) is 0. The summed E-state index contributed by atoms with van der Waals surface area (Å²) in [5, 5.41) is 0. The van der Waals surface area contributed by atoms with Gasteiger partial charge in [-0.05, 0) is 24.3 Å². The van der Waals surface area contributed by atoms with Gasteiger partial charge in [0.2, 0.25) is 0 Å². The van der Waals surface area contributed by atoms with Crippen molar-refractivity contribution in [3.63, 3.8) is 0 Å². The number of hydrogen-bond acceptors (Lipinski definition) is 4. The molecule has 2 aliphatic rings. The van der Waals surface area contributed by atoms with Gasteiger partial charge in [-0.15, -0.1) is 0 Å². The van der Waals surface area contributed by atoms with Crippen molar-refractivity contribution < 1.29 is 17.3 Å². The van der Waals surface area contributed by atoms with Gasteiger partial charge in [0.05, 0.1) is 29.4 Å². The Bertz CT molecular complexity index is 615. The molecule has 1 N–H and O–H groups in total. The predicted octanol–water partition coefficient (Wildman–Crippen LogP) is -0.848. The van der Waals surface area contributed by atoms with Crippen LogP contribution in [-0.2, 0) is 0 Å². The van der Waals surface area contributed by atoms with Crippen molar-refractivity contribution in [1.82, 2.24) is 9.97 Å². The Hall–Kier alpha value is -1.30. The number of pyridine rings is 2. The Labute approximate surface area is 147 Å². The van der Waals surface area contributed by atoms with Crippen LogP contribution in [0.2, 0.25) is 0 Å².